The second-order valence-corrected chi connectivity index (χ2v) is 12.4. The topological polar surface area (TPSA) is 0 Å². The highest BCUT2D eigenvalue weighted by atomic mass is 79.9. The fourth-order valence-corrected chi connectivity index (χ4v) is 8.99. The van der Waals surface area contributed by atoms with Gasteiger partial charge in [0.25, 0.3) is 0 Å². The molecule has 0 aromatic heterocycles. The molecule has 0 saturated heterocycles. The maximum Gasteiger partial charge on any atom is 0.0148 e. The zero-order chi connectivity index (χ0) is 16.2. The molecule has 0 aromatic rings. The van der Waals surface area contributed by atoms with E-state index in [1.165, 1.54) is 64.2 Å². The Morgan fingerprint density at radius 1 is 0.652 bits per heavy atom. The summed E-state index contributed by atoms with van der Waals surface area (Å²) in [5.74, 6) is 6.12. The summed E-state index contributed by atoms with van der Waals surface area (Å²) in [4.78, 5) is 1.59. The van der Waals surface area contributed by atoms with E-state index in [9.17, 15) is 0 Å². The second-order valence-electron chi connectivity index (χ2n) is 9.80. The molecule has 0 bridgehead atoms. The van der Waals surface area contributed by atoms with Crippen LogP contribution in [0.25, 0.3) is 0 Å². The van der Waals surface area contributed by atoms with Gasteiger partial charge in [0.1, 0.15) is 0 Å². The van der Waals surface area contributed by atoms with Gasteiger partial charge in [0.05, 0.1) is 0 Å². The molecule has 0 aliphatic heterocycles. The van der Waals surface area contributed by atoms with Gasteiger partial charge in [0.15, 0.2) is 0 Å². The van der Waals surface area contributed by atoms with Gasteiger partial charge in [0, 0.05) is 9.65 Å². The lowest BCUT2D eigenvalue weighted by Crippen LogP contribution is -2.40. The SMILES string of the molecule is CC(C)(C1CCCC1)C1C2CC(Br)CCC2C2CCC(Br)CC21. The first kappa shape index (κ1) is 17.4. The minimum atomic E-state index is 0.562. The maximum atomic E-state index is 4.00. The summed E-state index contributed by atoms with van der Waals surface area (Å²) >= 11 is 8.01. The molecule has 4 aliphatic rings. The lowest BCUT2D eigenvalue weighted by Gasteiger charge is -2.46. The molecule has 4 rings (SSSR count). The fourth-order valence-electron chi connectivity index (χ4n) is 7.60. The van der Waals surface area contributed by atoms with E-state index in [1.54, 1.807) is 0 Å². The summed E-state index contributed by atoms with van der Waals surface area (Å²) in [5.41, 5.74) is 0.562. The van der Waals surface area contributed by atoms with Crippen LogP contribution in [-0.4, -0.2) is 9.65 Å². The Labute approximate surface area is 160 Å². The van der Waals surface area contributed by atoms with Gasteiger partial charge in [-0.15, -0.1) is 0 Å². The van der Waals surface area contributed by atoms with E-state index < -0.39 is 0 Å². The highest BCUT2D eigenvalue weighted by Crippen LogP contribution is 2.65. The Morgan fingerprint density at radius 2 is 1.13 bits per heavy atom. The molecule has 4 fully saturated rings. The number of halogens is 2. The van der Waals surface area contributed by atoms with Crippen LogP contribution >= 0.6 is 31.9 Å². The lowest BCUT2D eigenvalue weighted by molar-refractivity contribution is 0.0329. The molecule has 23 heavy (non-hydrogen) atoms. The molecule has 0 spiro atoms. The summed E-state index contributed by atoms with van der Waals surface area (Å²) in [6.07, 6.45) is 14.8. The molecule has 0 heterocycles. The van der Waals surface area contributed by atoms with Crippen LogP contribution in [0.3, 0.4) is 0 Å². The van der Waals surface area contributed by atoms with Gasteiger partial charge in [-0.25, -0.2) is 0 Å². The molecule has 6 atom stereocenters. The van der Waals surface area contributed by atoms with Crippen LogP contribution in [0.2, 0.25) is 0 Å². The Balaban J connectivity index is 1.66. The lowest BCUT2D eigenvalue weighted by atomic mass is 9.59. The number of hydrogen-bond acceptors (Lipinski definition) is 0. The van der Waals surface area contributed by atoms with Crippen LogP contribution in [0.1, 0.15) is 78.1 Å². The van der Waals surface area contributed by atoms with E-state index in [0.717, 1.165) is 45.2 Å². The average molecular weight is 446 g/mol. The van der Waals surface area contributed by atoms with E-state index in [4.69, 9.17) is 0 Å². The smallest absolute Gasteiger partial charge is 0.0148 e. The molecule has 4 aliphatic carbocycles. The zero-order valence-electron chi connectivity index (χ0n) is 14.9. The van der Waals surface area contributed by atoms with Gasteiger partial charge in [-0.05, 0) is 92.3 Å². The molecule has 0 aromatic carbocycles. The molecule has 0 N–H and O–H groups in total. The van der Waals surface area contributed by atoms with E-state index in [0.29, 0.717) is 5.41 Å². The van der Waals surface area contributed by atoms with E-state index in [-0.39, 0.29) is 0 Å². The predicted molar refractivity (Wildman–Crippen MR) is 106 cm³/mol. The molecule has 0 radical (unpaired) electrons. The number of rotatable bonds is 2. The van der Waals surface area contributed by atoms with Crippen molar-refractivity contribution < 1.29 is 0 Å². The number of alkyl halides is 2. The third-order valence-corrected chi connectivity index (χ3v) is 10.2. The Hall–Kier alpha value is 0.960. The van der Waals surface area contributed by atoms with Gasteiger partial charge in [-0.1, -0.05) is 58.5 Å². The summed E-state index contributed by atoms with van der Waals surface area (Å²) in [5, 5.41) is 0. The van der Waals surface area contributed by atoms with Crippen molar-refractivity contribution >= 4 is 31.9 Å². The van der Waals surface area contributed by atoms with Gasteiger partial charge >= 0.3 is 0 Å². The van der Waals surface area contributed by atoms with Crippen molar-refractivity contribution in [1.29, 1.82) is 0 Å². The second kappa shape index (κ2) is 6.60. The van der Waals surface area contributed by atoms with Gasteiger partial charge in [0.2, 0.25) is 0 Å². The van der Waals surface area contributed by atoms with Crippen molar-refractivity contribution in [2.24, 2.45) is 40.9 Å². The van der Waals surface area contributed by atoms with Crippen LogP contribution < -0.4 is 0 Å². The zero-order valence-corrected chi connectivity index (χ0v) is 18.1. The molecular weight excluding hydrogens is 412 g/mol. The normalized spacial score (nSPS) is 48.3. The number of fused-ring (bicyclic) bond motifs is 3. The van der Waals surface area contributed by atoms with E-state index in [1.807, 2.05) is 0 Å². The summed E-state index contributed by atoms with van der Waals surface area (Å²) in [7, 11) is 0. The van der Waals surface area contributed by atoms with Crippen molar-refractivity contribution in [1.82, 2.24) is 0 Å². The van der Waals surface area contributed by atoms with Crippen molar-refractivity contribution in [3.8, 4) is 0 Å². The van der Waals surface area contributed by atoms with Gasteiger partial charge in [-0.3, -0.25) is 0 Å². The van der Waals surface area contributed by atoms with Crippen molar-refractivity contribution in [3.05, 3.63) is 0 Å². The molecular formula is C21H34Br2. The quantitative estimate of drug-likeness (QED) is 0.394. The fraction of sp³-hybridized carbons (Fsp3) is 1.00. The third kappa shape index (κ3) is 3.00. The van der Waals surface area contributed by atoms with Crippen LogP contribution in [-0.2, 0) is 0 Å². The first-order valence-electron chi connectivity index (χ1n) is 10.3. The van der Waals surface area contributed by atoms with Crippen molar-refractivity contribution in [2.45, 2.75) is 87.7 Å². The molecule has 6 unspecified atom stereocenters. The molecule has 0 nitrogen and oxygen atoms in total. The average Bonchev–Trinajstić information content (AvgIpc) is 3.12. The molecule has 132 valence electrons. The first-order valence-corrected chi connectivity index (χ1v) is 12.1. The van der Waals surface area contributed by atoms with E-state index >= 15 is 0 Å². The standard InChI is InChI=1S/C21H34Br2/c1-21(2,13-5-3-4-6-13)20-18-11-14(22)7-9-16(18)17-10-8-15(23)12-19(17)20/h13-20H,3-12H2,1-2H3. The summed E-state index contributed by atoms with van der Waals surface area (Å²) in [6, 6.07) is 0. The minimum absolute atomic E-state index is 0.562. The number of hydrogen-bond donors (Lipinski definition) is 0. The highest BCUT2D eigenvalue weighted by molar-refractivity contribution is 9.09. The van der Waals surface area contributed by atoms with Gasteiger partial charge in [-0.2, -0.15) is 0 Å². The third-order valence-electron chi connectivity index (χ3n) is 8.52. The Bertz CT molecular complexity index is 400. The van der Waals surface area contributed by atoms with E-state index in [2.05, 4.69) is 45.7 Å². The maximum absolute atomic E-state index is 4.00. The Morgan fingerprint density at radius 3 is 1.61 bits per heavy atom. The van der Waals surface area contributed by atoms with Crippen LogP contribution in [0.5, 0.6) is 0 Å². The summed E-state index contributed by atoms with van der Waals surface area (Å²) < 4.78 is 0. The first-order chi connectivity index (χ1) is 11.0. The van der Waals surface area contributed by atoms with Crippen LogP contribution in [0.15, 0.2) is 0 Å². The minimum Gasteiger partial charge on any atom is -0.0891 e. The van der Waals surface area contributed by atoms with Crippen LogP contribution in [0.4, 0.5) is 0 Å². The van der Waals surface area contributed by atoms with Crippen molar-refractivity contribution in [2.75, 3.05) is 0 Å². The predicted octanol–water partition coefficient (Wildman–Crippen LogP) is 7.19. The Kier molecular flexibility index (Phi) is 4.99. The largest absolute Gasteiger partial charge is 0.0891 e. The van der Waals surface area contributed by atoms with Gasteiger partial charge < -0.3 is 0 Å². The van der Waals surface area contributed by atoms with Crippen molar-refractivity contribution in [3.63, 3.8) is 0 Å². The van der Waals surface area contributed by atoms with Crippen LogP contribution in [0, 0.1) is 40.9 Å². The monoisotopic (exact) mass is 444 g/mol. The molecule has 0 amide bonds. The summed E-state index contributed by atoms with van der Waals surface area (Å²) in [6.45, 7) is 5.34. The molecule has 4 saturated carbocycles. The highest BCUT2D eigenvalue weighted by Gasteiger charge is 2.58. The molecule has 2 heteroatoms.